The molecule has 0 aromatic rings. The SMILES string of the molecule is CC(C)=CCC/C(C)=C/CC/C(C)=C/CC[C@@]1(C)[C@@H]2CC[C@H](O)C(C)(C)C2=CC[C@@H]1C. The molecule has 0 aliphatic heterocycles. The molecule has 0 bridgehead atoms. The molecule has 0 spiro atoms. The molecule has 1 heteroatoms. The lowest BCUT2D eigenvalue weighted by Crippen LogP contribution is -2.48. The molecule has 0 aromatic heterocycles. The van der Waals surface area contributed by atoms with Crippen molar-refractivity contribution in [1.82, 2.24) is 0 Å². The van der Waals surface area contributed by atoms with Crippen LogP contribution in [0.1, 0.15) is 113 Å². The maximum atomic E-state index is 10.6. The van der Waals surface area contributed by atoms with Crippen molar-refractivity contribution in [1.29, 1.82) is 0 Å². The molecule has 0 radical (unpaired) electrons. The fourth-order valence-electron chi connectivity index (χ4n) is 5.88. The summed E-state index contributed by atoms with van der Waals surface area (Å²) in [6.07, 6.45) is 20.0. The van der Waals surface area contributed by atoms with Gasteiger partial charge in [0.25, 0.3) is 0 Å². The van der Waals surface area contributed by atoms with Gasteiger partial charge in [-0.1, -0.05) is 74.3 Å². The highest BCUT2D eigenvalue weighted by Crippen LogP contribution is 2.58. The first-order valence-electron chi connectivity index (χ1n) is 12.8. The molecule has 0 heterocycles. The van der Waals surface area contributed by atoms with Gasteiger partial charge in [-0.3, -0.25) is 0 Å². The minimum absolute atomic E-state index is 0.0636. The van der Waals surface area contributed by atoms with Crippen molar-refractivity contribution in [2.45, 2.75) is 119 Å². The lowest BCUT2D eigenvalue weighted by Gasteiger charge is -2.54. The minimum atomic E-state index is -0.187. The van der Waals surface area contributed by atoms with E-state index < -0.39 is 0 Å². The topological polar surface area (TPSA) is 20.2 Å². The van der Waals surface area contributed by atoms with Crippen LogP contribution in [0.15, 0.2) is 46.6 Å². The van der Waals surface area contributed by atoms with Crippen LogP contribution >= 0.6 is 0 Å². The van der Waals surface area contributed by atoms with Crippen LogP contribution in [0.5, 0.6) is 0 Å². The summed E-state index contributed by atoms with van der Waals surface area (Å²) in [5, 5.41) is 10.6. The monoisotopic (exact) mass is 426 g/mol. The predicted octanol–water partition coefficient (Wildman–Crippen LogP) is 8.96. The van der Waals surface area contributed by atoms with Crippen LogP contribution in [0.3, 0.4) is 0 Å². The second kappa shape index (κ2) is 11.2. The van der Waals surface area contributed by atoms with Gasteiger partial charge in [0.1, 0.15) is 0 Å². The van der Waals surface area contributed by atoms with E-state index in [2.05, 4.69) is 79.7 Å². The van der Waals surface area contributed by atoms with Crippen molar-refractivity contribution in [3.8, 4) is 0 Å². The van der Waals surface area contributed by atoms with Gasteiger partial charge in [0, 0.05) is 5.41 Å². The van der Waals surface area contributed by atoms with Gasteiger partial charge in [-0.15, -0.1) is 0 Å². The molecule has 176 valence electrons. The van der Waals surface area contributed by atoms with Gasteiger partial charge in [-0.05, 0) is 103 Å². The second-order valence-corrected chi connectivity index (χ2v) is 11.7. The van der Waals surface area contributed by atoms with Crippen molar-refractivity contribution in [2.24, 2.45) is 22.7 Å². The molecule has 2 rings (SSSR count). The molecule has 0 unspecified atom stereocenters. The Morgan fingerprint density at radius 2 is 1.52 bits per heavy atom. The zero-order valence-corrected chi connectivity index (χ0v) is 21.9. The highest BCUT2D eigenvalue weighted by atomic mass is 16.3. The van der Waals surface area contributed by atoms with E-state index in [-0.39, 0.29) is 11.5 Å². The third-order valence-electron chi connectivity index (χ3n) is 8.59. The van der Waals surface area contributed by atoms with Crippen LogP contribution < -0.4 is 0 Å². The first-order chi connectivity index (χ1) is 14.5. The molecule has 1 saturated carbocycles. The Labute approximate surface area is 193 Å². The standard InChI is InChI=1S/C30H50O/c1-22(2)12-9-13-23(3)14-10-15-24(4)16-11-21-30(8)25(5)17-18-26-27(30)19-20-28(31)29(26,6)7/h12,14,16,18,25,27-28,31H,9-11,13,15,17,19-21H2,1-8H3/b23-14+,24-16+/t25-,27+,28-,30+/m0/s1. The van der Waals surface area contributed by atoms with E-state index in [0.29, 0.717) is 17.3 Å². The molecular formula is C30H50O. The number of hydrogen-bond acceptors (Lipinski definition) is 1. The number of aliphatic hydroxyl groups is 1. The van der Waals surface area contributed by atoms with Gasteiger partial charge < -0.3 is 5.11 Å². The Balaban J connectivity index is 1.90. The van der Waals surface area contributed by atoms with Gasteiger partial charge in [0.15, 0.2) is 0 Å². The fraction of sp³-hybridized carbons (Fsp3) is 0.733. The quantitative estimate of drug-likeness (QED) is 0.365. The number of hydrogen-bond donors (Lipinski definition) is 1. The van der Waals surface area contributed by atoms with Crippen molar-refractivity contribution in [3.63, 3.8) is 0 Å². The van der Waals surface area contributed by atoms with Crippen LogP contribution in [0.4, 0.5) is 0 Å². The van der Waals surface area contributed by atoms with Crippen molar-refractivity contribution in [3.05, 3.63) is 46.6 Å². The third-order valence-corrected chi connectivity index (χ3v) is 8.59. The normalized spacial score (nSPS) is 31.1. The van der Waals surface area contributed by atoms with E-state index in [1.807, 2.05) is 0 Å². The van der Waals surface area contributed by atoms with E-state index in [1.54, 1.807) is 5.57 Å². The Bertz CT molecular complexity index is 713. The average Bonchev–Trinajstić information content (AvgIpc) is 2.67. The summed E-state index contributed by atoms with van der Waals surface area (Å²) in [7, 11) is 0. The molecule has 1 nitrogen and oxygen atoms in total. The summed E-state index contributed by atoms with van der Waals surface area (Å²) in [6.45, 7) is 18.4. The molecule has 2 aliphatic carbocycles. The predicted molar refractivity (Wildman–Crippen MR) is 137 cm³/mol. The highest BCUT2D eigenvalue weighted by molar-refractivity contribution is 5.27. The van der Waals surface area contributed by atoms with Crippen LogP contribution in [0.25, 0.3) is 0 Å². The molecular weight excluding hydrogens is 376 g/mol. The minimum Gasteiger partial charge on any atom is -0.392 e. The molecule has 1 fully saturated rings. The van der Waals surface area contributed by atoms with Crippen LogP contribution in [-0.2, 0) is 0 Å². The maximum absolute atomic E-state index is 10.6. The van der Waals surface area contributed by atoms with E-state index in [9.17, 15) is 5.11 Å². The number of rotatable bonds is 9. The maximum Gasteiger partial charge on any atom is 0.0628 e. The molecule has 4 atom stereocenters. The fourth-order valence-corrected chi connectivity index (χ4v) is 5.88. The Morgan fingerprint density at radius 1 is 0.935 bits per heavy atom. The first-order valence-corrected chi connectivity index (χ1v) is 12.8. The van der Waals surface area contributed by atoms with Crippen LogP contribution in [0, 0.1) is 22.7 Å². The molecule has 0 aromatic carbocycles. The van der Waals surface area contributed by atoms with E-state index in [0.717, 1.165) is 25.7 Å². The Hall–Kier alpha value is -1.08. The van der Waals surface area contributed by atoms with Crippen molar-refractivity contribution < 1.29 is 5.11 Å². The first kappa shape index (κ1) is 26.2. The zero-order valence-electron chi connectivity index (χ0n) is 21.9. The zero-order chi connectivity index (χ0) is 23.2. The molecule has 2 aliphatic rings. The Morgan fingerprint density at radius 3 is 2.13 bits per heavy atom. The summed E-state index contributed by atoms with van der Waals surface area (Å²) < 4.78 is 0. The number of aliphatic hydroxyl groups excluding tert-OH is 1. The molecule has 0 amide bonds. The molecule has 0 saturated heterocycles. The summed E-state index contributed by atoms with van der Waals surface area (Å²) in [6, 6.07) is 0. The van der Waals surface area contributed by atoms with Gasteiger partial charge >= 0.3 is 0 Å². The van der Waals surface area contributed by atoms with Gasteiger partial charge in [0.2, 0.25) is 0 Å². The number of allylic oxidation sites excluding steroid dienone is 7. The van der Waals surface area contributed by atoms with Crippen LogP contribution in [0.2, 0.25) is 0 Å². The highest BCUT2D eigenvalue weighted by Gasteiger charge is 2.50. The summed E-state index contributed by atoms with van der Waals surface area (Å²) in [5.41, 5.74) is 6.31. The average molecular weight is 427 g/mol. The van der Waals surface area contributed by atoms with E-state index >= 15 is 0 Å². The summed E-state index contributed by atoms with van der Waals surface area (Å²) >= 11 is 0. The molecule has 31 heavy (non-hydrogen) atoms. The largest absolute Gasteiger partial charge is 0.392 e. The molecule has 1 N–H and O–H groups in total. The third kappa shape index (κ3) is 6.70. The lowest BCUT2D eigenvalue weighted by atomic mass is 9.51. The smallest absolute Gasteiger partial charge is 0.0628 e. The summed E-state index contributed by atoms with van der Waals surface area (Å²) in [4.78, 5) is 0. The lowest BCUT2D eigenvalue weighted by molar-refractivity contribution is -0.0138. The van der Waals surface area contributed by atoms with Gasteiger partial charge in [-0.2, -0.15) is 0 Å². The van der Waals surface area contributed by atoms with Crippen molar-refractivity contribution >= 4 is 0 Å². The Kier molecular flexibility index (Phi) is 9.43. The van der Waals surface area contributed by atoms with Gasteiger partial charge in [0.05, 0.1) is 6.10 Å². The number of fused-ring (bicyclic) bond motifs is 1. The second-order valence-electron chi connectivity index (χ2n) is 11.7. The summed E-state index contributed by atoms with van der Waals surface area (Å²) in [5.74, 6) is 1.35. The van der Waals surface area contributed by atoms with Crippen molar-refractivity contribution in [2.75, 3.05) is 0 Å². The van der Waals surface area contributed by atoms with Gasteiger partial charge in [-0.25, -0.2) is 0 Å². The van der Waals surface area contributed by atoms with E-state index in [4.69, 9.17) is 0 Å². The van der Waals surface area contributed by atoms with Crippen LogP contribution in [-0.4, -0.2) is 11.2 Å². The van der Waals surface area contributed by atoms with E-state index in [1.165, 1.54) is 48.8 Å².